The van der Waals surface area contributed by atoms with Crippen LogP contribution in [0.4, 0.5) is 0 Å². The van der Waals surface area contributed by atoms with Gasteiger partial charge in [-0.3, -0.25) is 0 Å². The normalized spacial score (nSPS) is 11.8. The van der Waals surface area contributed by atoms with Crippen molar-refractivity contribution in [2.24, 2.45) is 0 Å². The highest BCUT2D eigenvalue weighted by atomic mass is 32.2. The molecular formula is C25H47N5OS. The average Bonchev–Trinajstić information content (AvgIpc) is 3.15. The summed E-state index contributed by atoms with van der Waals surface area (Å²) in [5.41, 5.74) is 0.668. The Labute approximate surface area is 200 Å². The Kier molecular flexibility index (Phi) is 13.9. The second-order valence-electron chi connectivity index (χ2n) is 9.16. The first kappa shape index (κ1) is 28.7. The fourth-order valence-electron chi connectivity index (χ4n) is 3.84. The molecular weight excluding hydrogens is 418 g/mol. The number of unbranched alkanes of at least 4 members (excludes halogenated alkanes) is 4. The zero-order chi connectivity index (χ0) is 24.0. The second-order valence-corrected chi connectivity index (χ2v) is 10.7. The van der Waals surface area contributed by atoms with E-state index in [2.05, 4.69) is 42.8 Å². The molecule has 2 rings (SSSR count). The van der Waals surface area contributed by atoms with Crippen molar-refractivity contribution in [1.82, 2.24) is 19.6 Å². The fraction of sp³-hybridized carbons (Fsp3) is 0.800. The molecule has 6 nitrogen and oxygen atoms in total. The first-order valence-corrected chi connectivity index (χ1v) is 13.6. The van der Waals surface area contributed by atoms with Gasteiger partial charge in [0.1, 0.15) is 0 Å². The van der Waals surface area contributed by atoms with Gasteiger partial charge in [-0.1, -0.05) is 79.0 Å². The summed E-state index contributed by atoms with van der Waals surface area (Å²) in [6, 6.07) is 1.45. The van der Waals surface area contributed by atoms with Crippen molar-refractivity contribution in [2.75, 3.05) is 26.2 Å². The summed E-state index contributed by atoms with van der Waals surface area (Å²) in [5.74, 6) is 0.198. The number of quaternary nitrogens is 1. The number of rotatable bonds is 14. The van der Waals surface area contributed by atoms with Gasteiger partial charge >= 0.3 is 0 Å². The van der Waals surface area contributed by atoms with Gasteiger partial charge in [0.25, 0.3) is 5.78 Å². The molecule has 7 heteroatoms. The molecule has 0 aliphatic heterocycles. The Balaban J connectivity index is 0.000000321. The third kappa shape index (κ3) is 10.1. The van der Waals surface area contributed by atoms with Gasteiger partial charge in [0, 0.05) is 10.9 Å². The van der Waals surface area contributed by atoms with Crippen molar-refractivity contribution >= 4 is 17.5 Å². The van der Waals surface area contributed by atoms with Gasteiger partial charge in [-0.2, -0.15) is 4.98 Å². The van der Waals surface area contributed by atoms with E-state index in [0.717, 1.165) is 0 Å². The Morgan fingerprint density at radius 1 is 0.875 bits per heavy atom. The minimum atomic E-state index is -0.180. The molecule has 0 unspecified atom stereocenters. The minimum Gasteiger partial charge on any atom is -0.858 e. The van der Waals surface area contributed by atoms with Crippen LogP contribution in [0, 0.1) is 6.92 Å². The summed E-state index contributed by atoms with van der Waals surface area (Å²) in [7, 11) is 0. The Morgan fingerprint density at radius 3 is 1.75 bits per heavy atom. The highest BCUT2D eigenvalue weighted by Gasteiger charge is 2.24. The number of hydrogen-bond donors (Lipinski definition) is 0. The van der Waals surface area contributed by atoms with Crippen LogP contribution in [0.15, 0.2) is 11.2 Å². The molecule has 32 heavy (non-hydrogen) atoms. The highest BCUT2D eigenvalue weighted by Crippen LogP contribution is 2.20. The van der Waals surface area contributed by atoms with Crippen molar-refractivity contribution in [2.45, 2.75) is 110 Å². The largest absolute Gasteiger partial charge is 0.858 e. The van der Waals surface area contributed by atoms with Crippen LogP contribution in [-0.2, 0) is 0 Å². The van der Waals surface area contributed by atoms with E-state index in [1.807, 2.05) is 13.8 Å². The van der Waals surface area contributed by atoms with E-state index in [1.54, 1.807) is 6.92 Å². The van der Waals surface area contributed by atoms with E-state index in [9.17, 15) is 5.11 Å². The van der Waals surface area contributed by atoms with Gasteiger partial charge in [0.2, 0.25) is 5.16 Å². The van der Waals surface area contributed by atoms with Crippen molar-refractivity contribution in [3.05, 3.63) is 11.8 Å². The van der Waals surface area contributed by atoms with Gasteiger partial charge in [-0.25, -0.2) is 9.50 Å². The van der Waals surface area contributed by atoms with Gasteiger partial charge in [-0.05, 0) is 44.6 Å². The van der Waals surface area contributed by atoms with E-state index in [-0.39, 0.29) is 5.88 Å². The first-order valence-electron chi connectivity index (χ1n) is 12.7. The molecule has 0 amide bonds. The van der Waals surface area contributed by atoms with E-state index >= 15 is 0 Å². The van der Waals surface area contributed by atoms with Crippen LogP contribution >= 0.6 is 11.8 Å². The van der Waals surface area contributed by atoms with Crippen molar-refractivity contribution < 1.29 is 9.59 Å². The molecule has 184 valence electrons. The Morgan fingerprint density at radius 2 is 1.34 bits per heavy atom. The molecule has 0 atom stereocenters. The standard InChI is InChI=1S/C16H36N.C9H12N4OS/c1-5-9-13-17(14-10-6-2,15-11-7-3)16-12-8-4;1-5(2)15-9-11-8-10-6(3)4-7(14)13(8)12-9/h5-16H2,1-4H3;4-5,14H,1-3H3/q+1;/p-1. The van der Waals surface area contributed by atoms with E-state index < -0.39 is 0 Å². The molecule has 0 aliphatic rings. The molecule has 0 bridgehead atoms. The number of hydrogen-bond acceptors (Lipinski definition) is 5. The SMILES string of the molecule is CCCC[N+](CCCC)(CCCC)CCCC.Cc1cc([O-])n2nc(SC(C)C)nc2n1. The van der Waals surface area contributed by atoms with Crippen LogP contribution in [0.25, 0.3) is 5.78 Å². The molecule has 0 aromatic carbocycles. The summed E-state index contributed by atoms with van der Waals surface area (Å²) in [6.07, 6.45) is 11.1. The maximum atomic E-state index is 11.5. The maximum Gasteiger partial charge on any atom is 0.252 e. The van der Waals surface area contributed by atoms with Crippen LogP contribution in [0.3, 0.4) is 0 Å². The first-order chi connectivity index (χ1) is 15.3. The predicted octanol–water partition coefficient (Wildman–Crippen LogP) is 6.01. The minimum absolute atomic E-state index is 0.180. The lowest BCUT2D eigenvalue weighted by molar-refractivity contribution is -0.929. The van der Waals surface area contributed by atoms with Crippen LogP contribution < -0.4 is 5.11 Å². The van der Waals surface area contributed by atoms with Crippen molar-refractivity contribution in [3.63, 3.8) is 0 Å². The number of nitrogens with zero attached hydrogens (tertiary/aromatic N) is 5. The van der Waals surface area contributed by atoms with Crippen molar-refractivity contribution in [1.29, 1.82) is 0 Å². The third-order valence-corrected chi connectivity index (χ3v) is 6.53. The van der Waals surface area contributed by atoms with Crippen LogP contribution in [-0.4, -0.2) is 55.5 Å². The predicted molar refractivity (Wildman–Crippen MR) is 135 cm³/mol. The van der Waals surface area contributed by atoms with E-state index in [4.69, 9.17) is 0 Å². The number of aryl methyl sites for hydroxylation is 1. The van der Waals surface area contributed by atoms with Gasteiger partial charge in [0.05, 0.1) is 26.2 Å². The monoisotopic (exact) mass is 465 g/mol. The number of fused-ring (bicyclic) bond motifs is 1. The highest BCUT2D eigenvalue weighted by molar-refractivity contribution is 7.99. The Bertz CT molecular complexity index is 725. The zero-order valence-corrected chi connectivity index (χ0v) is 22.5. The Hall–Kier alpha value is -1.34. The quantitative estimate of drug-likeness (QED) is 0.252. The average molecular weight is 466 g/mol. The number of aromatic nitrogens is 4. The van der Waals surface area contributed by atoms with Gasteiger partial charge < -0.3 is 9.59 Å². The molecule has 0 saturated carbocycles. The summed E-state index contributed by atoms with van der Waals surface area (Å²) in [4.78, 5) is 8.32. The molecule has 0 radical (unpaired) electrons. The summed E-state index contributed by atoms with van der Waals surface area (Å²) < 4.78 is 2.65. The molecule has 0 fully saturated rings. The lowest BCUT2D eigenvalue weighted by Crippen LogP contribution is -2.50. The van der Waals surface area contributed by atoms with Crippen molar-refractivity contribution in [3.8, 4) is 5.88 Å². The second kappa shape index (κ2) is 15.5. The van der Waals surface area contributed by atoms with Crippen LogP contribution in [0.1, 0.15) is 98.6 Å². The van der Waals surface area contributed by atoms with Crippen LogP contribution in [0.5, 0.6) is 5.88 Å². The molecule has 0 N–H and O–H groups in total. The smallest absolute Gasteiger partial charge is 0.252 e. The molecule has 2 aromatic heterocycles. The summed E-state index contributed by atoms with van der Waals surface area (Å²) in [5, 5.41) is 16.6. The van der Waals surface area contributed by atoms with E-state index in [1.165, 1.54) is 104 Å². The fourth-order valence-corrected chi connectivity index (χ4v) is 4.53. The van der Waals surface area contributed by atoms with Gasteiger partial charge in [-0.15, -0.1) is 5.10 Å². The topological polar surface area (TPSA) is 66.1 Å². The van der Waals surface area contributed by atoms with Crippen LogP contribution in [0.2, 0.25) is 0 Å². The molecule has 0 spiro atoms. The molecule has 2 heterocycles. The lowest BCUT2D eigenvalue weighted by atomic mass is 10.1. The van der Waals surface area contributed by atoms with Gasteiger partial charge in [0.15, 0.2) is 0 Å². The summed E-state index contributed by atoms with van der Waals surface area (Å²) >= 11 is 1.52. The molecule has 0 aliphatic carbocycles. The summed E-state index contributed by atoms with van der Waals surface area (Å²) in [6.45, 7) is 20.9. The maximum absolute atomic E-state index is 11.5. The molecule has 0 saturated heterocycles. The van der Waals surface area contributed by atoms with E-state index in [0.29, 0.717) is 21.9 Å². The third-order valence-electron chi connectivity index (χ3n) is 5.67. The lowest BCUT2D eigenvalue weighted by Gasteiger charge is -2.39. The zero-order valence-electron chi connectivity index (χ0n) is 21.7. The molecule has 2 aromatic rings. The number of thioether (sulfide) groups is 1.